The molecule has 1 saturated heterocycles. The molecule has 0 aliphatic carbocycles. The Bertz CT molecular complexity index is 519. The number of amides is 1. The van der Waals surface area contributed by atoms with Crippen molar-refractivity contribution in [3.05, 3.63) is 60.1 Å². The first-order valence-corrected chi connectivity index (χ1v) is 6.24. The van der Waals surface area contributed by atoms with Gasteiger partial charge in [0.05, 0.1) is 18.6 Å². The zero-order chi connectivity index (χ0) is 12.4. The molecule has 1 fully saturated rings. The lowest BCUT2D eigenvalue weighted by atomic mass is 10.1. The van der Waals surface area contributed by atoms with Gasteiger partial charge in [0.2, 0.25) is 0 Å². The Balaban J connectivity index is 1.85. The molecule has 3 nitrogen and oxygen atoms in total. The van der Waals surface area contributed by atoms with E-state index < -0.39 is 0 Å². The summed E-state index contributed by atoms with van der Waals surface area (Å²) in [6.07, 6.45) is 5.46. The first-order chi connectivity index (χ1) is 8.86. The van der Waals surface area contributed by atoms with Crippen molar-refractivity contribution in [2.24, 2.45) is 0 Å². The molecule has 0 spiro atoms. The summed E-state index contributed by atoms with van der Waals surface area (Å²) in [5.74, 6) is 0.110. The van der Waals surface area contributed by atoms with E-state index in [9.17, 15) is 4.79 Å². The Morgan fingerprint density at radius 1 is 1.22 bits per heavy atom. The van der Waals surface area contributed by atoms with E-state index in [-0.39, 0.29) is 11.9 Å². The average Bonchev–Trinajstić information content (AvgIpc) is 3.09. The summed E-state index contributed by atoms with van der Waals surface area (Å²) in [4.78, 5) is 14.4. The van der Waals surface area contributed by atoms with Gasteiger partial charge in [0.1, 0.15) is 0 Å². The number of hydrogen-bond donors (Lipinski definition) is 0. The molecule has 1 aliphatic rings. The van der Waals surface area contributed by atoms with E-state index in [1.165, 1.54) is 0 Å². The maximum atomic E-state index is 12.4. The Labute approximate surface area is 106 Å². The smallest absolute Gasteiger partial charge is 0.254 e. The summed E-state index contributed by atoms with van der Waals surface area (Å²) in [5.41, 5.74) is 1.85. The van der Waals surface area contributed by atoms with E-state index in [0.29, 0.717) is 0 Å². The van der Waals surface area contributed by atoms with E-state index in [1.54, 1.807) is 12.5 Å². The van der Waals surface area contributed by atoms with Gasteiger partial charge in [-0.25, -0.2) is 0 Å². The lowest BCUT2D eigenvalue weighted by Crippen LogP contribution is -2.30. The van der Waals surface area contributed by atoms with Crippen LogP contribution in [-0.2, 0) is 0 Å². The predicted octanol–water partition coefficient (Wildman–Crippen LogP) is 3.26. The molecule has 2 heterocycles. The largest absolute Gasteiger partial charge is 0.472 e. The van der Waals surface area contributed by atoms with Crippen LogP contribution in [0.3, 0.4) is 0 Å². The van der Waals surface area contributed by atoms with Crippen LogP contribution in [0.1, 0.15) is 34.8 Å². The molecular weight excluding hydrogens is 226 g/mol. The van der Waals surface area contributed by atoms with Gasteiger partial charge in [-0.05, 0) is 31.0 Å². The van der Waals surface area contributed by atoms with Gasteiger partial charge < -0.3 is 9.32 Å². The van der Waals surface area contributed by atoms with Crippen LogP contribution >= 0.6 is 0 Å². The van der Waals surface area contributed by atoms with Crippen LogP contribution in [-0.4, -0.2) is 17.4 Å². The summed E-state index contributed by atoms with van der Waals surface area (Å²) >= 11 is 0. The highest BCUT2D eigenvalue weighted by molar-refractivity contribution is 5.94. The van der Waals surface area contributed by atoms with Gasteiger partial charge in [0, 0.05) is 17.7 Å². The SMILES string of the molecule is O=C(c1ccccc1)N1CCC[C@@H]1c1ccoc1. The quantitative estimate of drug-likeness (QED) is 0.808. The van der Waals surface area contributed by atoms with Crippen LogP contribution in [0.15, 0.2) is 53.3 Å². The molecule has 0 bridgehead atoms. The highest BCUT2D eigenvalue weighted by Crippen LogP contribution is 2.33. The Morgan fingerprint density at radius 2 is 2.06 bits per heavy atom. The van der Waals surface area contributed by atoms with Crippen LogP contribution in [0, 0.1) is 0 Å². The van der Waals surface area contributed by atoms with Crippen molar-refractivity contribution in [3.8, 4) is 0 Å². The number of carbonyl (C=O) groups excluding carboxylic acids is 1. The number of nitrogens with zero attached hydrogens (tertiary/aromatic N) is 1. The number of rotatable bonds is 2. The average molecular weight is 241 g/mol. The van der Waals surface area contributed by atoms with E-state index in [1.807, 2.05) is 41.3 Å². The van der Waals surface area contributed by atoms with Gasteiger partial charge in [-0.1, -0.05) is 18.2 Å². The van der Waals surface area contributed by atoms with Crippen LogP contribution in [0.2, 0.25) is 0 Å². The molecule has 1 aromatic heterocycles. The third-order valence-electron chi connectivity index (χ3n) is 3.46. The molecule has 0 radical (unpaired) electrons. The molecular formula is C15H15NO2. The van der Waals surface area contributed by atoms with Crippen LogP contribution in [0.5, 0.6) is 0 Å². The van der Waals surface area contributed by atoms with Gasteiger partial charge in [0.15, 0.2) is 0 Å². The predicted molar refractivity (Wildman–Crippen MR) is 68.2 cm³/mol. The Kier molecular flexibility index (Phi) is 2.89. The minimum atomic E-state index is 0.110. The lowest BCUT2D eigenvalue weighted by molar-refractivity contribution is 0.0735. The van der Waals surface area contributed by atoms with Crippen molar-refractivity contribution >= 4 is 5.91 Å². The molecule has 3 heteroatoms. The topological polar surface area (TPSA) is 33.5 Å². The maximum Gasteiger partial charge on any atom is 0.254 e. The number of hydrogen-bond acceptors (Lipinski definition) is 2. The third kappa shape index (κ3) is 1.92. The monoisotopic (exact) mass is 241 g/mol. The second-order valence-corrected chi connectivity index (χ2v) is 4.58. The molecule has 1 atom stereocenters. The first-order valence-electron chi connectivity index (χ1n) is 6.24. The van der Waals surface area contributed by atoms with E-state index in [0.717, 1.165) is 30.5 Å². The normalized spacial score (nSPS) is 19.1. The summed E-state index contributed by atoms with van der Waals surface area (Å²) < 4.78 is 5.12. The lowest BCUT2D eigenvalue weighted by Gasteiger charge is -2.23. The Hall–Kier alpha value is -2.03. The van der Waals surface area contributed by atoms with Gasteiger partial charge >= 0.3 is 0 Å². The first kappa shape index (κ1) is 11.1. The van der Waals surface area contributed by atoms with Crippen molar-refractivity contribution in [3.63, 3.8) is 0 Å². The summed E-state index contributed by atoms with van der Waals surface area (Å²) in [7, 11) is 0. The van der Waals surface area contributed by atoms with Crippen molar-refractivity contribution in [2.75, 3.05) is 6.54 Å². The minimum Gasteiger partial charge on any atom is -0.472 e. The number of likely N-dealkylation sites (tertiary alicyclic amines) is 1. The van der Waals surface area contributed by atoms with Gasteiger partial charge in [-0.15, -0.1) is 0 Å². The number of benzene rings is 1. The third-order valence-corrected chi connectivity index (χ3v) is 3.46. The van der Waals surface area contributed by atoms with Gasteiger partial charge in [-0.2, -0.15) is 0 Å². The van der Waals surface area contributed by atoms with Crippen LogP contribution in [0.4, 0.5) is 0 Å². The van der Waals surface area contributed by atoms with Crippen molar-refractivity contribution in [1.29, 1.82) is 0 Å². The fourth-order valence-electron chi connectivity index (χ4n) is 2.57. The van der Waals surface area contributed by atoms with Gasteiger partial charge in [-0.3, -0.25) is 4.79 Å². The standard InChI is InChI=1S/C15H15NO2/c17-15(12-5-2-1-3-6-12)16-9-4-7-14(16)13-8-10-18-11-13/h1-3,5-6,8,10-11,14H,4,7,9H2/t14-/m1/s1. The molecule has 1 amide bonds. The second-order valence-electron chi connectivity index (χ2n) is 4.58. The molecule has 0 saturated carbocycles. The molecule has 1 aliphatic heterocycles. The zero-order valence-corrected chi connectivity index (χ0v) is 10.1. The minimum absolute atomic E-state index is 0.110. The summed E-state index contributed by atoms with van der Waals surface area (Å²) in [6.45, 7) is 0.823. The van der Waals surface area contributed by atoms with Crippen molar-refractivity contribution in [1.82, 2.24) is 4.90 Å². The Morgan fingerprint density at radius 3 is 2.78 bits per heavy atom. The highest BCUT2D eigenvalue weighted by atomic mass is 16.3. The molecule has 18 heavy (non-hydrogen) atoms. The highest BCUT2D eigenvalue weighted by Gasteiger charge is 2.30. The molecule has 2 aromatic rings. The van der Waals surface area contributed by atoms with E-state index in [4.69, 9.17) is 4.42 Å². The zero-order valence-electron chi connectivity index (χ0n) is 10.1. The number of furan rings is 1. The van der Waals surface area contributed by atoms with E-state index in [2.05, 4.69) is 0 Å². The molecule has 0 N–H and O–H groups in total. The molecule has 3 rings (SSSR count). The summed E-state index contributed by atoms with van der Waals surface area (Å²) in [5, 5.41) is 0. The van der Waals surface area contributed by atoms with Crippen molar-refractivity contribution < 1.29 is 9.21 Å². The summed E-state index contributed by atoms with van der Waals surface area (Å²) in [6, 6.07) is 11.6. The van der Waals surface area contributed by atoms with Crippen LogP contribution < -0.4 is 0 Å². The van der Waals surface area contributed by atoms with Gasteiger partial charge in [0.25, 0.3) is 5.91 Å². The second kappa shape index (κ2) is 4.69. The number of carbonyl (C=O) groups is 1. The molecule has 0 unspecified atom stereocenters. The maximum absolute atomic E-state index is 12.4. The molecule has 92 valence electrons. The van der Waals surface area contributed by atoms with Crippen LogP contribution in [0.25, 0.3) is 0 Å². The fourth-order valence-corrected chi connectivity index (χ4v) is 2.57. The fraction of sp³-hybridized carbons (Fsp3) is 0.267. The van der Waals surface area contributed by atoms with Crippen molar-refractivity contribution in [2.45, 2.75) is 18.9 Å². The molecule has 1 aromatic carbocycles. The van der Waals surface area contributed by atoms with E-state index >= 15 is 0 Å².